The fourth-order valence-electron chi connectivity index (χ4n) is 5.48. The highest BCUT2D eigenvalue weighted by Crippen LogP contribution is 2.57. The molecule has 22 heavy (non-hydrogen) atoms. The maximum absolute atomic E-state index is 10.5. The van der Waals surface area contributed by atoms with Crippen molar-refractivity contribution in [1.82, 2.24) is 0 Å². The lowest BCUT2D eigenvalue weighted by atomic mass is 9.49. The molecule has 0 bridgehead atoms. The maximum atomic E-state index is 10.5. The summed E-state index contributed by atoms with van der Waals surface area (Å²) in [6.07, 6.45) is 3.74. The Bertz CT molecular complexity index is 588. The van der Waals surface area contributed by atoms with E-state index in [2.05, 4.69) is 40.7 Å². The van der Waals surface area contributed by atoms with Crippen molar-refractivity contribution in [3.05, 3.63) is 28.8 Å². The highest BCUT2D eigenvalue weighted by molar-refractivity contribution is 5.48. The van der Waals surface area contributed by atoms with Crippen LogP contribution in [0.2, 0.25) is 0 Å². The normalized spacial score (nSPS) is 33.4. The largest absolute Gasteiger partial charge is 0.508 e. The molecule has 3 atom stereocenters. The zero-order valence-electron chi connectivity index (χ0n) is 14.6. The molecule has 0 heterocycles. The molecule has 1 aromatic rings. The number of aliphatic hydroxyl groups excluding tert-OH is 1. The van der Waals surface area contributed by atoms with Gasteiger partial charge in [0.05, 0.1) is 6.10 Å². The van der Waals surface area contributed by atoms with Gasteiger partial charge < -0.3 is 10.2 Å². The molecule has 0 amide bonds. The summed E-state index contributed by atoms with van der Waals surface area (Å²) >= 11 is 0. The van der Waals surface area contributed by atoms with E-state index in [4.69, 9.17) is 0 Å². The zero-order chi connectivity index (χ0) is 16.3. The number of hydrogen-bond acceptors (Lipinski definition) is 2. The summed E-state index contributed by atoms with van der Waals surface area (Å²) in [6.45, 7) is 11.1. The van der Waals surface area contributed by atoms with Crippen LogP contribution in [0.5, 0.6) is 5.75 Å². The third-order valence-electron chi connectivity index (χ3n) is 6.33. The molecule has 0 radical (unpaired) electrons. The van der Waals surface area contributed by atoms with E-state index in [-0.39, 0.29) is 16.9 Å². The van der Waals surface area contributed by atoms with Gasteiger partial charge in [-0.05, 0) is 71.1 Å². The lowest BCUT2D eigenvalue weighted by Gasteiger charge is -2.55. The number of aromatic hydroxyl groups is 1. The highest BCUT2D eigenvalue weighted by atomic mass is 16.3. The molecular formula is C20H30O2. The zero-order valence-corrected chi connectivity index (χ0v) is 14.6. The molecule has 1 saturated carbocycles. The van der Waals surface area contributed by atoms with E-state index >= 15 is 0 Å². The second-order valence-electron chi connectivity index (χ2n) is 8.78. The third-order valence-corrected chi connectivity index (χ3v) is 6.33. The number of aryl methyl sites for hydroxylation is 1. The van der Waals surface area contributed by atoms with Crippen LogP contribution in [-0.2, 0) is 11.8 Å². The van der Waals surface area contributed by atoms with Gasteiger partial charge >= 0.3 is 0 Å². The number of hydrogen-bond donors (Lipinski definition) is 2. The molecule has 122 valence electrons. The molecule has 2 heteroatoms. The Kier molecular flexibility index (Phi) is 3.60. The Morgan fingerprint density at radius 3 is 2.45 bits per heavy atom. The van der Waals surface area contributed by atoms with E-state index in [0.717, 1.165) is 24.8 Å². The number of phenols is 1. The van der Waals surface area contributed by atoms with Crippen molar-refractivity contribution in [2.75, 3.05) is 0 Å². The number of aliphatic hydroxyl groups is 1. The summed E-state index contributed by atoms with van der Waals surface area (Å²) in [5.74, 6) is 1.33. The predicted octanol–water partition coefficient (Wildman–Crippen LogP) is 4.52. The van der Waals surface area contributed by atoms with E-state index in [9.17, 15) is 10.2 Å². The first kappa shape index (κ1) is 15.9. The van der Waals surface area contributed by atoms with Gasteiger partial charge in [0, 0.05) is 0 Å². The van der Waals surface area contributed by atoms with Gasteiger partial charge in [-0.2, -0.15) is 0 Å². The fraction of sp³-hybridized carbons (Fsp3) is 0.700. The first-order valence-electron chi connectivity index (χ1n) is 8.69. The van der Waals surface area contributed by atoms with E-state index in [1.807, 2.05) is 6.07 Å². The van der Waals surface area contributed by atoms with Gasteiger partial charge in [-0.25, -0.2) is 0 Å². The molecule has 2 nitrogen and oxygen atoms in total. The molecule has 1 fully saturated rings. The van der Waals surface area contributed by atoms with Gasteiger partial charge in [0.15, 0.2) is 0 Å². The first-order valence-corrected chi connectivity index (χ1v) is 8.69. The van der Waals surface area contributed by atoms with Crippen LogP contribution in [0.4, 0.5) is 0 Å². The predicted molar refractivity (Wildman–Crippen MR) is 90.4 cm³/mol. The standard InChI is InChI=1S/C20H30O2/c1-12(2)15-8-13-6-7-18-19(3,4)10-14(21)11-20(18,5)16(13)9-17(15)22/h8-9,12,14,18,21-22H,6-7,10-11H2,1-5H3/t14-,18-,20+/m1/s1. The van der Waals surface area contributed by atoms with Crippen LogP contribution in [0, 0.1) is 11.3 Å². The van der Waals surface area contributed by atoms with Gasteiger partial charge in [-0.1, -0.05) is 40.7 Å². The molecule has 0 unspecified atom stereocenters. The SMILES string of the molecule is CC(C)c1cc2c(cc1O)[C@]1(C)C[C@H](O)CC(C)(C)[C@H]1CC2. The van der Waals surface area contributed by atoms with Gasteiger partial charge in [0.25, 0.3) is 0 Å². The van der Waals surface area contributed by atoms with Crippen molar-refractivity contribution in [3.63, 3.8) is 0 Å². The average molecular weight is 302 g/mol. The molecule has 1 aromatic carbocycles. The van der Waals surface area contributed by atoms with Crippen LogP contribution in [0.25, 0.3) is 0 Å². The van der Waals surface area contributed by atoms with Crippen molar-refractivity contribution >= 4 is 0 Å². The lowest BCUT2D eigenvalue weighted by molar-refractivity contribution is -0.0384. The van der Waals surface area contributed by atoms with Gasteiger partial charge in [0.2, 0.25) is 0 Å². The molecule has 0 aromatic heterocycles. The topological polar surface area (TPSA) is 40.5 Å². The molecule has 0 spiro atoms. The summed E-state index contributed by atoms with van der Waals surface area (Å²) in [7, 11) is 0. The number of benzene rings is 1. The minimum atomic E-state index is -0.242. The Balaban J connectivity index is 2.13. The van der Waals surface area contributed by atoms with E-state index < -0.39 is 0 Å². The lowest BCUT2D eigenvalue weighted by Crippen LogP contribution is -2.52. The quantitative estimate of drug-likeness (QED) is 0.801. The van der Waals surface area contributed by atoms with Crippen molar-refractivity contribution in [1.29, 1.82) is 0 Å². The van der Waals surface area contributed by atoms with Crippen LogP contribution >= 0.6 is 0 Å². The molecular weight excluding hydrogens is 272 g/mol. The van der Waals surface area contributed by atoms with Crippen molar-refractivity contribution in [2.24, 2.45) is 11.3 Å². The van der Waals surface area contributed by atoms with Crippen LogP contribution in [0.3, 0.4) is 0 Å². The molecule has 2 N–H and O–H groups in total. The Hall–Kier alpha value is -1.02. The molecule has 0 saturated heterocycles. The minimum absolute atomic E-state index is 0.0261. The number of fused-ring (bicyclic) bond motifs is 3. The van der Waals surface area contributed by atoms with E-state index in [0.29, 0.717) is 17.6 Å². The minimum Gasteiger partial charge on any atom is -0.508 e. The summed E-state index contributed by atoms with van der Waals surface area (Å²) in [4.78, 5) is 0. The Morgan fingerprint density at radius 1 is 1.14 bits per heavy atom. The maximum Gasteiger partial charge on any atom is 0.119 e. The summed E-state index contributed by atoms with van der Waals surface area (Å²) < 4.78 is 0. The van der Waals surface area contributed by atoms with Crippen molar-refractivity contribution in [2.45, 2.75) is 77.7 Å². The monoisotopic (exact) mass is 302 g/mol. The second-order valence-corrected chi connectivity index (χ2v) is 8.78. The third kappa shape index (κ3) is 2.27. The van der Waals surface area contributed by atoms with Crippen molar-refractivity contribution in [3.8, 4) is 5.75 Å². The number of phenolic OH excluding ortho intramolecular Hbond substituents is 1. The van der Waals surface area contributed by atoms with Crippen LogP contribution in [0.1, 0.15) is 76.5 Å². The highest BCUT2D eigenvalue weighted by Gasteiger charge is 2.52. The molecule has 2 aliphatic carbocycles. The smallest absolute Gasteiger partial charge is 0.119 e. The van der Waals surface area contributed by atoms with E-state index in [1.54, 1.807) is 0 Å². The Labute approximate surface area is 134 Å². The van der Waals surface area contributed by atoms with Gasteiger partial charge in [-0.15, -0.1) is 0 Å². The first-order chi connectivity index (χ1) is 10.1. The van der Waals surface area contributed by atoms with Gasteiger partial charge in [0.1, 0.15) is 5.75 Å². The fourth-order valence-corrected chi connectivity index (χ4v) is 5.48. The second kappa shape index (κ2) is 4.99. The number of rotatable bonds is 1. The van der Waals surface area contributed by atoms with E-state index in [1.165, 1.54) is 17.5 Å². The van der Waals surface area contributed by atoms with Crippen molar-refractivity contribution < 1.29 is 10.2 Å². The van der Waals surface area contributed by atoms with Crippen LogP contribution in [-0.4, -0.2) is 16.3 Å². The average Bonchev–Trinajstić information content (AvgIpc) is 2.36. The summed E-state index contributed by atoms with van der Waals surface area (Å²) in [6, 6.07) is 4.22. The van der Waals surface area contributed by atoms with Crippen LogP contribution in [0.15, 0.2) is 12.1 Å². The summed E-state index contributed by atoms with van der Waals surface area (Å²) in [5, 5.41) is 20.9. The van der Waals surface area contributed by atoms with Crippen LogP contribution < -0.4 is 0 Å². The summed E-state index contributed by atoms with van der Waals surface area (Å²) in [5.41, 5.74) is 3.83. The molecule has 3 rings (SSSR count). The Morgan fingerprint density at radius 2 is 1.82 bits per heavy atom. The molecule has 2 aliphatic rings. The van der Waals surface area contributed by atoms with Gasteiger partial charge in [-0.3, -0.25) is 0 Å². The molecule has 0 aliphatic heterocycles.